The van der Waals surface area contributed by atoms with Gasteiger partial charge in [-0.25, -0.2) is 0 Å². The molecule has 1 aliphatic carbocycles. The first kappa shape index (κ1) is 30.0. The number of ether oxygens (including phenoxy) is 4. The minimum atomic E-state index is -2.06. The quantitative estimate of drug-likeness (QED) is 0.232. The van der Waals surface area contributed by atoms with Gasteiger partial charge in [-0.2, -0.15) is 0 Å². The first-order valence-corrected chi connectivity index (χ1v) is 16.2. The van der Waals surface area contributed by atoms with Crippen LogP contribution in [-0.2, 0) is 36.6 Å². The average molecular weight is 531 g/mol. The van der Waals surface area contributed by atoms with Gasteiger partial charge in [0.15, 0.2) is 8.32 Å². The van der Waals surface area contributed by atoms with E-state index in [1.807, 2.05) is 60.7 Å². The standard InChI is InChI=1S/C30H46O6Si/c1-22-26(28(22)35-21-32-5)27(31)29(34-19-24-16-12-9-13-17-24)25(20-36-37(6,7)30(2,3)4)33-18-23-14-10-8-11-15-23/h8-17,22,25-29,31H,18-21H2,1-7H3/t22?,25-,26?,27?,28?,29+/m0/s1. The molecular weight excluding hydrogens is 484 g/mol. The highest BCUT2D eigenvalue weighted by Crippen LogP contribution is 2.46. The number of aliphatic hydroxyl groups excluding tert-OH is 1. The fourth-order valence-electron chi connectivity index (χ4n) is 4.30. The summed E-state index contributed by atoms with van der Waals surface area (Å²) in [7, 11) is -0.451. The second-order valence-electron chi connectivity index (χ2n) is 11.6. The summed E-state index contributed by atoms with van der Waals surface area (Å²) in [5, 5.41) is 11.7. The Morgan fingerprint density at radius 3 is 1.95 bits per heavy atom. The van der Waals surface area contributed by atoms with Gasteiger partial charge in [0.05, 0.1) is 32.0 Å². The van der Waals surface area contributed by atoms with Gasteiger partial charge < -0.3 is 28.5 Å². The summed E-state index contributed by atoms with van der Waals surface area (Å²) in [4.78, 5) is 0. The number of hydrogen-bond acceptors (Lipinski definition) is 6. The normalized spacial score (nSPS) is 22.4. The zero-order valence-corrected chi connectivity index (χ0v) is 24.6. The summed E-state index contributed by atoms with van der Waals surface area (Å²) in [5.74, 6) is 0.135. The number of methoxy groups -OCH3 is 1. The van der Waals surface area contributed by atoms with Crippen LogP contribution >= 0.6 is 0 Å². The molecule has 7 heteroatoms. The van der Waals surface area contributed by atoms with E-state index in [0.717, 1.165) is 11.1 Å². The summed E-state index contributed by atoms with van der Waals surface area (Å²) in [6.07, 6.45) is -1.89. The molecule has 1 N–H and O–H groups in total. The Labute approximate surface area is 224 Å². The third-order valence-corrected chi connectivity index (χ3v) is 12.3. The smallest absolute Gasteiger partial charge is 0.192 e. The Morgan fingerprint density at radius 2 is 1.43 bits per heavy atom. The van der Waals surface area contributed by atoms with Crippen molar-refractivity contribution in [2.75, 3.05) is 20.5 Å². The lowest BCUT2D eigenvalue weighted by atomic mass is 10.0. The van der Waals surface area contributed by atoms with E-state index < -0.39 is 26.6 Å². The maximum Gasteiger partial charge on any atom is 0.192 e. The largest absolute Gasteiger partial charge is 0.414 e. The molecule has 6 nitrogen and oxygen atoms in total. The third-order valence-electron chi connectivity index (χ3n) is 7.85. The zero-order valence-electron chi connectivity index (χ0n) is 23.6. The minimum Gasteiger partial charge on any atom is -0.414 e. The van der Waals surface area contributed by atoms with Crippen LogP contribution in [0.5, 0.6) is 0 Å². The Hall–Kier alpha value is -1.58. The van der Waals surface area contributed by atoms with E-state index in [2.05, 4.69) is 40.8 Å². The minimum absolute atomic E-state index is 0.0556. The first-order chi connectivity index (χ1) is 17.5. The number of rotatable bonds is 15. The Balaban J connectivity index is 1.83. The van der Waals surface area contributed by atoms with E-state index in [1.165, 1.54) is 0 Å². The molecule has 1 aliphatic rings. The molecule has 0 radical (unpaired) electrons. The predicted octanol–water partition coefficient (Wildman–Crippen LogP) is 5.79. The van der Waals surface area contributed by atoms with Gasteiger partial charge in [-0.15, -0.1) is 0 Å². The molecule has 0 amide bonds. The van der Waals surface area contributed by atoms with E-state index in [0.29, 0.717) is 19.8 Å². The van der Waals surface area contributed by atoms with Gasteiger partial charge in [0.1, 0.15) is 19.0 Å². The van der Waals surface area contributed by atoms with Gasteiger partial charge in [-0.1, -0.05) is 88.4 Å². The summed E-state index contributed by atoms with van der Waals surface area (Å²) < 4.78 is 30.5. The molecule has 206 valence electrons. The van der Waals surface area contributed by atoms with Gasteiger partial charge in [0, 0.05) is 13.0 Å². The van der Waals surface area contributed by atoms with Crippen molar-refractivity contribution < 1.29 is 28.5 Å². The van der Waals surface area contributed by atoms with Crippen molar-refractivity contribution in [1.82, 2.24) is 0 Å². The Bertz CT molecular complexity index is 917. The molecule has 2 aromatic rings. The lowest BCUT2D eigenvalue weighted by Gasteiger charge is -2.39. The van der Waals surface area contributed by atoms with E-state index >= 15 is 0 Å². The van der Waals surface area contributed by atoms with Crippen molar-refractivity contribution in [2.24, 2.45) is 11.8 Å². The molecule has 0 spiro atoms. The average Bonchev–Trinajstić information content (AvgIpc) is 3.52. The van der Waals surface area contributed by atoms with Crippen molar-refractivity contribution in [3.63, 3.8) is 0 Å². The first-order valence-electron chi connectivity index (χ1n) is 13.3. The maximum absolute atomic E-state index is 11.7. The fraction of sp³-hybridized carbons (Fsp3) is 0.600. The van der Waals surface area contributed by atoms with Gasteiger partial charge in [-0.05, 0) is 35.2 Å². The van der Waals surface area contributed by atoms with Crippen molar-refractivity contribution >= 4 is 8.32 Å². The van der Waals surface area contributed by atoms with Crippen LogP contribution in [0.1, 0.15) is 38.8 Å². The number of aliphatic hydroxyl groups is 1. The topological polar surface area (TPSA) is 66.4 Å². The van der Waals surface area contributed by atoms with Crippen LogP contribution in [0.3, 0.4) is 0 Å². The van der Waals surface area contributed by atoms with E-state index in [4.69, 9.17) is 23.4 Å². The zero-order chi connectivity index (χ0) is 27.1. The Kier molecular flexibility index (Phi) is 10.9. The lowest BCUT2D eigenvalue weighted by Crippen LogP contribution is -2.49. The molecule has 0 heterocycles. The van der Waals surface area contributed by atoms with Crippen LogP contribution in [0.2, 0.25) is 18.1 Å². The fourth-order valence-corrected chi connectivity index (χ4v) is 5.32. The van der Waals surface area contributed by atoms with Crippen LogP contribution in [0.25, 0.3) is 0 Å². The highest BCUT2D eigenvalue weighted by Gasteiger charge is 2.55. The van der Waals surface area contributed by atoms with Crippen LogP contribution in [0, 0.1) is 11.8 Å². The van der Waals surface area contributed by atoms with Crippen LogP contribution in [-0.4, -0.2) is 58.3 Å². The van der Waals surface area contributed by atoms with Crippen LogP contribution in [0.4, 0.5) is 0 Å². The molecule has 1 saturated carbocycles. The Morgan fingerprint density at radius 1 is 0.892 bits per heavy atom. The predicted molar refractivity (Wildman–Crippen MR) is 149 cm³/mol. The van der Waals surface area contributed by atoms with Crippen molar-refractivity contribution in [2.45, 2.75) is 83.5 Å². The van der Waals surface area contributed by atoms with Crippen LogP contribution in [0.15, 0.2) is 60.7 Å². The monoisotopic (exact) mass is 530 g/mol. The highest BCUT2D eigenvalue weighted by atomic mass is 28.4. The molecule has 0 aliphatic heterocycles. The van der Waals surface area contributed by atoms with Gasteiger partial charge in [0.2, 0.25) is 0 Å². The van der Waals surface area contributed by atoms with E-state index in [-0.39, 0.29) is 29.8 Å². The molecule has 0 aromatic heterocycles. The molecule has 4 unspecified atom stereocenters. The van der Waals surface area contributed by atoms with Gasteiger partial charge in [-0.3, -0.25) is 0 Å². The second kappa shape index (κ2) is 13.5. The summed E-state index contributed by atoms with van der Waals surface area (Å²) >= 11 is 0. The van der Waals surface area contributed by atoms with E-state index in [1.54, 1.807) is 7.11 Å². The van der Waals surface area contributed by atoms with Gasteiger partial charge in [0.25, 0.3) is 0 Å². The van der Waals surface area contributed by atoms with Crippen LogP contribution < -0.4 is 0 Å². The number of benzene rings is 2. The van der Waals surface area contributed by atoms with Crippen molar-refractivity contribution in [3.8, 4) is 0 Å². The summed E-state index contributed by atoms with van der Waals surface area (Å²) in [6, 6.07) is 20.1. The summed E-state index contributed by atoms with van der Waals surface area (Å²) in [5.41, 5.74) is 2.11. The van der Waals surface area contributed by atoms with Crippen molar-refractivity contribution in [1.29, 1.82) is 0 Å². The number of hydrogen-bond donors (Lipinski definition) is 1. The molecule has 6 atom stereocenters. The SMILES string of the molecule is COCOC1C(C)C1C(O)[C@H](OCc1ccccc1)[C@H](CO[Si](C)(C)C(C)(C)C)OCc1ccccc1. The third kappa shape index (κ3) is 8.45. The summed E-state index contributed by atoms with van der Waals surface area (Å²) in [6.45, 7) is 14.6. The lowest BCUT2D eigenvalue weighted by molar-refractivity contribution is -0.152. The van der Waals surface area contributed by atoms with Gasteiger partial charge >= 0.3 is 0 Å². The molecule has 37 heavy (non-hydrogen) atoms. The molecule has 1 fully saturated rings. The maximum atomic E-state index is 11.7. The molecule has 3 rings (SSSR count). The molecule has 2 aromatic carbocycles. The van der Waals surface area contributed by atoms with E-state index in [9.17, 15) is 5.11 Å². The second-order valence-corrected chi connectivity index (χ2v) is 16.4. The van der Waals surface area contributed by atoms with Crippen molar-refractivity contribution in [3.05, 3.63) is 71.8 Å². The molecule has 0 bridgehead atoms. The molecular formula is C30H46O6Si. The molecule has 0 saturated heterocycles. The highest BCUT2D eigenvalue weighted by molar-refractivity contribution is 6.74.